The number of benzene rings is 2. The smallest absolute Gasteiger partial charge is 0.480 e. The fourth-order valence-corrected chi connectivity index (χ4v) is 4.43. The number of carboxylic acids is 1. The first-order valence-electron chi connectivity index (χ1n) is 14.2. The Balaban J connectivity index is 1.69. The van der Waals surface area contributed by atoms with Crippen molar-refractivity contribution in [3.63, 3.8) is 0 Å². The summed E-state index contributed by atoms with van der Waals surface area (Å²) in [4.78, 5) is 43.7. The SMILES string of the molecule is CCCCC(=O)N(Cc1ccc(-c2ccccc2-c2nnn(COC(=O)OCCCON(O)O)n2)cc1)[C@H](C(=O)O)C(C)C. The minimum absolute atomic E-state index is 0.0695. The number of carbonyl (C=O) groups excluding carboxylic acids is 2. The van der Waals surface area contributed by atoms with Gasteiger partial charge in [0.1, 0.15) is 6.04 Å². The van der Waals surface area contributed by atoms with Crippen molar-refractivity contribution >= 4 is 18.0 Å². The predicted octanol–water partition coefficient (Wildman–Crippen LogP) is 4.15. The third-order valence-corrected chi connectivity index (χ3v) is 6.54. The maximum atomic E-state index is 13.0. The van der Waals surface area contributed by atoms with Crippen molar-refractivity contribution in [3.8, 4) is 22.5 Å². The van der Waals surface area contributed by atoms with Gasteiger partial charge >= 0.3 is 12.1 Å². The predicted molar refractivity (Wildman–Crippen MR) is 153 cm³/mol. The molecule has 1 atom stereocenters. The number of tetrazole rings is 1. The van der Waals surface area contributed by atoms with Crippen molar-refractivity contribution in [1.82, 2.24) is 30.5 Å². The Labute approximate surface area is 254 Å². The van der Waals surface area contributed by atoms with Gasteiger partial charge in [0.15, 0.2) is 0 Å². The summed E-state index contributed by atoms with van der Waals surface area (Å²) in [5, 5.41) is 38.6. The number of nitrogens with zero attached hydrogens (tertiary/aromatic N) is 6. The molecule has 0 fully saturated rings. The van der Waals surface area contributed by atoms with E-state index in [1.165, 1.54) is 4.90 Å². The van der Waals surface area contributed by atoms with Crippen LogP contribution in [0.2, 0.25) is 0 Å². The molecule has 238 valence electrons. The summed E-state index contributed by atoms with van der Waals surface area (Å²) in [6.45, 7) is 5.25. The van der Waals surface area contributed by atoms with Crippen LogP contribution < -0.4 is 0 Å². The lowest BCUT2D eigenvalue weighted by Gasteiger charge is -2.32. The number of hydrogen-bond acceptors (Lipinski definition) is 12. The van der Waals surface area contributed by atoms with Crippen LogP contribution >= 0.6 is 0 Å². The molecule has 0 radical (unpaired) electrons. The van der Waals surface area contributed by atoms with Gasteiger partial charge < -0.3 is 19.5 Å². The molecule has 0 aliphatic carbocycles. The summed E-state index contributed by atoms with van der Waals surface area (Å²) in [7, 11) is 0. The van der Waals surface area contributed by atoms with E-state index in [0.29, 0.717) is 24.2 Å². The van der Waals surface area contributed by atoms with Gasteiger partial charge in [0, 0.05) is 24.9 Å². The average Bonchev–Trinajstić information content (AvgIpc) is 3.47. The van der Waals surface area contributed by atoms with Gasteiger partial charge in [-0.25, -0.2) is 9.59 Å². The van der Waals surface area contributed by atoms with Gasteiger partial charge in [-0.05, 0) is 34.2 Å². The fourth-order valence-electron chi connectivity index (χ4n) is 4.43. The summed E-state index contributed by atoms with van der Waals surface area (Å²) in [5.74, 6) is -1.17. The van der Waals surface area contributed by atoms with Gasteiger partial charge in [-0.15, -0.1) is 15.0 Å². The highest BCUT2D eigenvalue weighted by atomic mass is 17.1. The van der Waals surface area contributed by atoms with Crippen molar-refractivity contribution < 1.29 is 44.2 Å². The summed E-state index contributed by atoms with van der Waals surface area (Å²) >= 11 is 0. The zero-order chi connectivity index (χ0) is 32.1. The molecule has 0 saturated carbocycles. The fraction of sp³-hybridized carbons (Fsp3) is 0.448. The van der Waals surface area contributed by atoms with Crippen molar-refractivity contribution in [1.29, 1.82) is 0 Å². The van der Waals surface area contributed by atoms with Gasteiger partial charge in [-0.2, -0.15) is 0 Å². The molecule has 1 amide bonds. The third kappa shape index (κ3) is 10.1. The van der Waals surface area contributed by atoms with Crippen LogP contribution in [-0.4, -0.2) is 83.3 Å². The Kier molecular flexibility index (Phi) is 13.2. The molecular weight excluding hydrogens is 576 g/mol. The largest absolute Gasteiger partial charge is 0.510 e. The van der Waals surface area contributed by atoms with E-state index >= 15 is 0 Å². The summed E-state index contributed by atoms with van der Waals surface area (Å²) in [5.41, 5.74) is 3.13. The number of carboxylic acid groups (broad SMARTS) is 1. The maximum absolute atomic E-state index is 13.0. The summed E-state index contributed by atoms with van der Waals surface area (Å²) < 4.78 is 9.82. The van der Waals surface area contributed by atoms with Crippen LogP contribution in [0.4, 0.5) is 4.79 Å². The van der Waals surface area contributed by atoms with Crippen LogP contribution in [0, 0.1) is 5.92 Å². The number of carbonyl (C=O) groups is 3. The molecule has 0 bridgehead atoms. The Hall–Kier alpha value is -4.44. The molecule has 44 heavy (non-hydrogen) atoms. The number of aliphatic carboxylic acids is 1. The molecule has 3 rings (SSSR count). The second-order valence-electron chi connectivity index (χ2n) is 10.2. The molecule has 15 nitrogen and oxygen atoms in total. The molecule has 2 aromatic carbocycles. The van der Waals surface area contributed by atoms with Crippen molar-refractivity contribution in [2.45, 2.75) is 65.8 Å². The number of unbranched alkanes of at least 4 members (excludes halogenated alkanes) is 1. The number of hydrogen-bond donors (Lipinski definition) is 3. The van der Waals surface area contributed by atoms with E-state index in [9.17, 15) is 19.5 Å². The molecule has 0 saturated heterocycles. The number of rotatable bonds is 17. The van der Waals surface area contributed by atoms with Crippen LogP contribution in [0.1, 0.15) is 52.0 Å². The first kappa shape index (κ1) is 34.1. The number of amides is 1. The van der Waals surface area contributed by atoms with Gasteiger partial charge in [-0.3, -0.25) is 20.0 Å². The van der Waals surface area contributed by atoms with Crippen molar-refractivity contribution in [3.05, 3.63) is 54.1 Å². The lowest BCUT2D eigenvalue weighted by molar-refractivity contribution is -0.492. The molecule has 15 heteroatoms. The van der Waals surface area contributed by atoms with Crippen LogP contribution in [-0.2, 0) is 37.2 Å². The van der Waals surface area contributed by atoms with E-state index in [4.69, 9.17) is 19.9 Å². The first-order valence-corrected chi connectivity index (χ1v) is 14.2. The Morgan fingerprint density at radius 3 is 2.30 bits per heavy atom. The summed E-state index contributed by atoms with van der Waals surface area (Å²) in [6.07, 6.45) is 1.06. The lowest BCUT2D eigenvalue weighted by atomic mass is 9.97. The monoisotopic (exact) mass is 614 g/mol. The van der Waals surface area contributed by atoms with Gasteiger partial charge in [0.25, 0.3) is 0 Å². The Morgan fingerprint density at radius 2 is 1.66 bits per heavy atom. The molecule has 1 heterocycles. The van der Waals surface area contributed by atoms with Gasteiger partial charge in [0.2, 0.25) is 18.5 Å². The molecular formula is C29H38N6O9. The van der Waals surface area contributed by atoms with E-state index in [-0.39, 0.29) is 44.7 Å². The maximum Gasteiger partial charge on any atom is 0.510 e. The van der Waals surface area contributed by atoms with Gasteiger partial charge in [-0.1, -0.05) is 75.7 Å². The highest BCUT2D eigenvalue weighted by Crippen LogP contribution is 2.30. The van der Waals surface area contributed by atoms with Crippen LogP contribution in [0.3, 0.4) is 0 Å². The topological polar surface area (TPSA) is 190 Å². The van der Waals surface area contributed by atoms with E-state index in [1.54, 1.807) is 13.8 Å². The molecule has 1 aromatic heterocycles. The highest BCUT2D eigenvalue weighted by Gasteiger charge is 2.32. The van der Waals surface area contributed by atoms with E-state index in [2.05, 4.69) is 20.2 Å². The van der Waals surface area contributed by atoms with Crippen LogP contribution in [0.5, 0.6) is 0 Å². The molecule has 3 N–H and O–H groups in total. The second kappa shape index (κ2) is 17.0. The molecule has 0 aliphatic heterocycles. The number of aromatic nitrogens is 4. The average molecular weight is 615 g/mol. The first-order chi connectivity index (χ1) is 21.1. The van der Waals surface area contributed by atoms with Gasteiger partial charge in [0.05, 0.1) is 18.6 Å². The minimum atomic E-state index is -1.03. The van der Waals surface area contributed by atoms with E-state index in [1.807, 2.05) is 55.5 Å². The number of ether oxygens (including phenoxy) is 2. The molecule has 0 unspecified atom stereocenters. The van der Waals surface area contributed by atoms with Crippen LogP contribution in [0.15, 0.2) is 48.5 Å². The van der Waals surface area contributed by atoms with E-state index < -0.39 is 23.6 Å². The minimum Gasteiger partial charge on any atom is -0.480 e. The third-order valence-electron chi connectivity index (χ3n) is 6.54. The molecule has 0 spiro atoms. The zero-order valence-corrected chi connectivity index (χ0v) is 24.9. The zero-order valence-electron chi connectivity index (χ0n) is 24.9. The Bertz CT molecular complexity index is 1360. The van der Waals surface area contributed by atoms with Crippen molar-refractivity contribution in [2.24, 2.45) is 5.92 Å². The quantitative estimate of drug-likeness (QED) is 0.112. The van der Waals surface area contributed by atoms with E-state index in [0.717, 1.165) is 27.9 Å². The summed E-state index contributed by atoms with van der Waals surface area (Å²) in [6, 6.07) is 14.0. The second-order valence-corrected chi connectivity index (χ2v) is 10.2. The van der Waals surface area contributed by atoms with Crippen LogP contribution in [0.25, 0.3) is 22.5 Å². The normalized spacial score (nSPS) is 11.9. The molecule has 0 aliphatic rings. The lowest BCUT2D eigenvalue weighted by Crippen LogP contribution is -2.47. The molecule has 3 aromatic rings. The highest BCUT2D eigenvalue weighted by molar-refractivity contribution is 5.84. The standard InChI is InChI=1S/C29H38N6O9/c1-4-5-11-25(36)33(26(20(2)3)28(37)38)18-21-12-14-22(15-13-21)23-9-6-7-10-24(23)27-30-32-34(31-27)19-43-29(39)42-16-8-17-44-35(40)41/h6-7,9-10,12-15,20,26,40-41H,4-5,8,11,16-19H2,1-3H3,(H,37,38)/t26-/m0/s1. The van der Waals surface area contributed by atoms with Crippen molar-refractivity contribution in [2.75, 3.05) is 13.2 Å². The Morgan fingerprint density at radius 1 is 0.955 bits per heavy atom.